The summed E-state index contributed by atoms with van der Waals surface area (Å²) in [5.74, 6) is 0.518. The fourth-order valence-electron chi connectivity index (χ4n) is 5.12. The standard InChI is InChI=1S/C23H31N3O2/c27-21(24-18-6-7-18)15-25-12-10-23(11-13-25)14-20(17-4-2-1-3-5-17)22(28)26(16-23)19-8-9-19/h1-5,18-20H,6-16H2,(H,24,27). The van der Waals surface area contributed by atoms with E-state index in [1.807, 2.05) is 18.2 Å². The lowest BCUT2D eigenvalue weighted by Crippen LogP contribution is -2.55. The highest BCUT2D eigenvalue weighted by atomic mass is 16.2. The van der Waals surface area contributed by atoms with Crippen molar-refractivity contribution < 1.29 is 9.59 Å². The van der Waals surface area contributed by atoms with Crippen molar-refractivity contribution in [1.29, 1.82) is 0 Å². The topological polar surface area (TPSA) is 52.7 Å². The molecule has 5 heteroatoms. The molecule has 1 atom stereocenters. The number of piperidine rings is 2. The molecule has 2 aliphatic heterocycles. The van der Waals surface area contributed by atoms with E-state index in [1.54, 1.807) is 0 Å². The van der Waals surface area contributed by atoms with Gasteiger partial charge in [-0.3, -0.25) is 14.5 Å². The average Bonchev–Trinajstić information content (AvgIpc) is 3.61. The third-order valence-corrected chi connectivity index (χ3v) is 7.14. The first-order valence-electron chi connectivity index (χ1n) is 11.0. The summed E-state index contributed by atoms with van der Waals surface area (Å²) in [6, 6.07) is 11.3. The summed E-state index contributed by atoms with van der Waals surface area (Å²) in [5, 5.41) is 3.10. The lowest BCUT2D eigenvalue weighted by atomic mass is 9.67. The third-order valence-electron chi connectivity index (χ3n) is 7.14. The third kappa shape index (κ3) is 3.82. The van der Waals surface area contributed by atoms with Crippen molar-refractivity contribution in [2.75, 3.05) is 26.2 Å². The summed E-state index contributed by atoms with van der Waals surface area (Å²) in [6.07, 6.45) is 7.74. The smallest absolute Gasteiger partial charge is 0.234 e. The van der Waals surface area contributed by atoms with Crippen LogP contribution in [0.1, 0.15) is 56.4 Å². The fraction of sp³-hybridized carbons (Fsp3) is 0.652. The second-order valence-corrected chi connectivity index (χ2v) is 9.48. The fourth-order valence-corrected chi connectivity index (χ4v) is 5.12. The van der Waals surface area contributed by atoms with E-state index < -0.39 is 0 Å². The van der Waals surface area contributed by atoms with Gasteiger partial charge in [0.15, 0.2) is 0 Å². The van der Waals surface area contributed by atoms with Gasteiger partial charge in [-0.25, -0.2) is 0 Å². The van der Waals surface area contributed by atoms with Crippen LogP contribution >= 0.6 is 0 Å². The van der Waals surface area contributed by atoms with Gasteiger partial charge in [-0.1, -0.05) is 30.3 Å². The van der Waals surface area contributed by atoms with E-state index in [0.29, 0.717) is 24.5 Å². The first kappa shape index (κ1) is 18.2. The molecule has 2 saturated heterocycles. The Balaban J connectivity index is 1.27. The highest BCUT2D eigenvalue weighted by Gasteiger charge is 2.49. The van der Waals surface area contributed by atoms with Crippen LogP contribution in [0, 0.1) is 5.41 Å². The van der Waals surface area contributed by atoms with Gasteiger partial charge in [0.25, 0.3) is 0 Å². The largest absolute Gasteiger partial charge is 0.352 e. The summed E-state index contributed by atoms with van der Waals surface area (Å²) < 4.78 is 0. The molecule has 5 nitrogen and oxygen atoms in total. The Morgan fingerprint density at radius 3 is 2.43 bits per heavy atom. The number of carbonyl (C=O) groups excluding carboxylic acids is 2. The Hall–Kier alpha value is -1.88. The number of nitrogens with one attached hydrogen (secondary N) is 1. The van der Waals surface area contributed by atoms with Gasteiger partial charge in [0, 0.05) is 18.6 Å². The van der Waals surface area contributed by atoms with Crippen molar-refractivity contribution in [3.05, 3.63) is 35.9 Å². The minimum atomic E-state index is 0.000246. The average molecular weight is 382 g/mol. The number of carbonyl (C=O) groups is 2. The number of amides is 2. The Kier molecular flexibility index (Phi) is 4.66. The van der Waals surface area contributed by atoms with Crippen LogP contribution in [0.25, 0.3) is 0 Å². The molecule has 0 aromatic heterocycles. The minimum Gasteiger partial charge on any atom is -0.352 e. The summed E-state index contributed by atoms with van der Waals surface area (Å²) >= 11 is 0. The molecule has 2 saturated carbocycles. The second-order valence-electron chi connectivity index (χ2n) is 9.48. The molecule has 1 spiro atoms. The van der Waals surface area contributed by atoms with Crippen molar-refractivity contribution in [1.82, 2.24) is 15.1 Å². The van der Waals surface area contributed by atoms with Gasteiger partial charge in [0.2, 0.25) is 11.8 Å². The van der Waals surface area contributed by atoms with Gasteiger partial charge in [-0.05, 0) is 69.0 Å². The number of likely N-dealkylation sites (tertiary alicyclic amines) is 2. The normalized spacial score (nSPS) is 27.8. The van der Waals surface area contributed by atoms with Crippen LogP contribution in [0.2, 0.25) is 0 Å². The van der Waals surface area contributed by atoms with E-state index in [0.717, 1.165) is 64.6 Å². The number of benzene rings is 1. The molecular formula is C23H31N3O2. The van der Waals surface area contributed by atoms with Gasteiger partial charge in [-0.2, -0.15) is 0 Å². The molecule has 0 bridgehead atoms. The van der Waals surface area contributed by atoms with Crippen molar-refractivity contribution in [2.45, 2.75) is 62.9 Å². The quantitative estimate of drug-likeness (QED) is 0.853. The van der Waals surface area contributed by atoms with Crippen molar-refractivity contribution in [3.63, 3.8) is 0 Å². The van der Waals surface area contributed by atoms with Crippen molar-refractivity contribution in [3.8, 4) is 0 Å². The molecule has 0 radical (unpaired) electrons. The summed E-state index contributed by atoms with van der Waals surface area (Å²) in [5.41, 5.74) is 1.38. The lowest BCUT2D eigenvalue weighted by Gasteiger charge is -2.50. The molecule has 2 heterocycles. The molecule has 28 heavy (non-hydrogen) atoms. The first-order chi connectivity index (χ1) is 13.6. The molecule has 1 aromatic carbocycles. The molecule has 4 aliphatic rings. The summed E-state index contributed by atoms with van der Waals surface area (Å²) in [7, 11) is 0. The maximum Gasteiger partial charge on any atom is 0.234 e. The maximum atomic E-state index is 13.2. The predicted octanol–water partition coefficient (Wildman–Crippen LogP) is 2.53. The molecule has 2 amide bonds. The number of hydrogen-bond donors (Lipinski definition) is 1. The van der Waals surface area contributed by atoms with Crippen molar-refractivity contribution >= 4 is 11.8 Å². The summed E-state index contributed by atoms with van der Waals surface area (Å²) in [4.78, 5) is 29.9. The SMILES string of the molecule is O=C(CN1CCC2(CC1)CC(c1ccccc1)C(=O)N(C1CC1)C2)NC1CC1. The van der Waals surface area contributed by atoms with Crippen LogP contribution < -0.4 is 5.32 Å². The van der Waals surface area contributed by atoms with E-state index in [-0.39, 0.29) is 17.2 Å². The Morgan fingerprint density at radius 2 is 1.79 bits per heavy atom. The van der Waals surface area contributed by atoms with Gasteiger partial charge >= 0.3 is 0 Å². The number of nitrogens with zero attached hydrogens (tertiary/aromatic N) is 2. The maximum absolute atomic E-state index is 13.2. The van der Waals surface area contributed by atoms with Gasteiger partial charge in [0.05, 0.1) is 12.5 Å². The van der Waals surface area contributed by atoms with Gasteiger partial charge < -0.3 is 10.2 Å². The molecule has 1 aromatic rings. The van der Waals surface area contributed by atoms with E-state index >= 15 is 0 Å². The van der Waals surface area contributed by atoms with Crippen LogP contribution in [0.15, 0.2) is 30.3 Å². The Morgan fingerprint density at radius 1 is 1.07 bits per heavy atom. The van der Waals surface area contributed by atoms with E-state index in [4.69, 9.17) is 0 Å². The highest BCUT2D eigenvalue weighted by molar-refractivity contribution is 5.85. The molecule has 2 aliphatic carbocycles. The van der Waals surface area contributed by atoms with Crippen LogP contribution in [-0.4, -0.2) is 59.9 Å². The number of hydrogen-bond acceptors (Lipinski definition) is 3. The predicted molar refractivity (Wildman–Crippen MR) is 108 cm³/mol. The van der Waals surface area contributed by atoms with Crippen LogP contribution in [0.4, 0.5) is 0 Å². The zero-order valence-corrected chi connectivity index (χ0v) is 16.6. The Bertz CT molecular complexity index is 733. The Labute approximate surface area is 167 Å². The highest BCUT2D eigenvalue weighted by Crippen LogP contribution is 2.48. The van der Waals surface area contributed by atoms with Crippen LogP contribution in [-0.2, 0) is 9.59 Å². The summed E-state index contributed by atoms with van der Waals surface area (Å²) in [6.45, 7) is 3.38. The molecule has 1 N–H and O–H groups in total. The van der Waals surface area contributed by atoms with Gasteiger partial charge in [0.1, 0.15) is 0 Å². The van der Waals surface area contributed by atoms with E-state index in [9.17, 15) is 9.59 Å². The zero-order chi connectivity index (χ0) is 19.1. The van der Waals surface area contributed by atoms with Crippen LogP contribution in [0.5, 0.6) is 0 Å². The zero-order valence-electron chi connectivity index (χ0n) is 16.6. The van der Waals surface area contributed by atoms with E-state index in [1.165, 1.54) is 5.56 Å². The first-order valence-corrected chi connectivity index (χ1v) is 11.0. The molecule has 1 unspecified atom stereocenters. The van der Waals surface area contributed by atoms with E-state index in [2.05, 4.69) is 27.2 Å². The molecule has 150 valence electrons. The lowest BCUT2D eigenvalue weighted by molar-refractivity contribution is -0.142. The van der Waals surface area contributed by atoms with Gasteiger partial charge in [-0.15, -0.1) is 0 Å². The van der Waals surface area contributed by atoms with Crippen molar-refractivity contribution in [2.24, 2.45) is 5.41 Å². The molecule has 5 rings (SSSR count). The molecule has 4 fully saturated rings. The van der Waals surface area contributed by atoms with Crippen LogP contribution in [0.3, 0.4) is 0 Å². The number of rotatable bonds is 5. The molecular weight excluding hydrogens is 350 g/mol. The minimum absolute atomic E-state index is 0.000246. The second kappa shape index (κ2) is 7.18. The monoisotopic (exact) mass is 381 g/mol.